The summed E-state index contributed by atoms with van der Waals surface area (Å²) in [6, 6.07) is 10.7. The smallest absolute Gasteiger partial charge is 0.151 e. The van der Waals surface area contributed by atoms with E-state index in [9.17, 15) is 0 Å². The van der Waals surface area contributed by atoms with Crippen molar-refractivity contribution in [2.75, 3.05) is 24.2 Å². The summed E-state index contributed by atoms with van der Waals surface area (Å²) in [5, 5.41) is 11.0. The normalized spacial score (nSPS) is 10.1. The predicted octanol–water partition coefficient (Wildman–Crippen LogP) is 2.20. The van der Waals surface area contributed by atoms with Crippen LogP contribution in [0.3, 0.4) is 0 Å². The summed E-state index contributed by atoms with van der Waals surface area (Å²) in [6.45, 7) is 1.15. The van der Waals surface area contributed by atoms with E-state index in [1.165, 1.54) is 0 Å². The van der Waals surface area contributed by atoms with E-state index in [-0.39, 0.29) is 0 Å². The van der Waals surface area contributed by atoms with Crippen LogP contribution in [0.5, 0.6) is 5.75 Å². The van der Waals surface area contributed by atoms with Crippen molar-refractivity contribution in [3.63, 3.8) is 0 Å². The van der Waals surface area contributed by atoms with Crippen LogP contribution in [0.1, 0.15) is 0 Å². The average Bonchev–Trinajstić information content (AvgIpc) is 2.39. The number of aromatic nitrogens is 2. The number of rotatable bonds is 5. The molecule has 94 valence electrons. The van der Waals surface area contributed by atoms with Gasteiger partial charge < -0.3 is 15.8 Å². The molecule has 0 aliphatic heterocycles. The van der Waals surface area contributed by atoms with Crippen LogP contribution >= 0.6 is 11.6 Å². The minimum Gasteiger partial charge on any atom is -0.492 e. The summed E-state index contributed by atoms with van der Waals surface area (Å²) in [5.74, 6) is 1.45. The van der Waals surface area contributed by atoms with Crippen molar-refractivity contribution >= 4 is 23.1 Å². The summed E-state index contributed by atoms with van der Waals surface area (Å²) in [6.07, 6.45) is 0. The minimum absolute atomic E-state index is 0.374. The number of ether oxygens (including phenoxy) is 1. The third-order valence-electron chi connectivity index (χ3n) is 2.19. The van der Waals surface area contributed by atoms with Crippen LogP contribution in [0.2, 0.25) is 5.15 Å². The van der Waals surface area contributed by atoms with Crippen molar-refractivity contribution < 1.29 is 4.74 Å². The van der Waals surface area contributed by atoms with Gasteiger partial charge in [-0.3, -0.25) is 0 Å². The average molecular weight is 265 g/mol. The van der Waals surface area contributed by atoms with E-state index >= 15 is 0 Å². The van der Waals surface area contributed by atoms with Gasteiger partial charge in [0.2, 0.25) is 0 Å². The van der Waals surface area contributed by atoms with Gasteiger partial charge in [0.25, 0.3) is 0 Å². The van der Waals surface area contributed by atoms with Crippen LogP contribution in [0.4, 0.5) is 11.5 Å². The van der Waals surface area contributed by atoms with E-state index in [1.54, 1.807) is 24.3 Å². The zero-order chi connectivity index (χ0) is 12.8. The molecule has 2 rings (SSSR count). The van der Waals surface area contributed by atoms with E-state index in [2.05, 4.69) is 15.5 Å². The lowest BCUT2D eigenvalue weighted by molar-refractivity contribution is 0.333. The van der Waals surface area contributed by atoms with Crippen LogP contribution in [-0.4, -0.2) is 23.3 Å². The fraction of sp³-hybridized carbons (Fsp3) is 0.167. The van der Waals surface area contributed by atoms with E-state index < -0.39 is 0 Å². The van der Waals surface area contributed by atoms with Crippen LogP contribution in [0.15, 0.2) is 36.4 Å². The van der Waals surface area contributed by atoms with Gasteiger partial charge in [0.15, 0.2) is 5.15 Å². The standard InChI is InChI=1S/C12H13ClN4O/c13-11-5-6-12(17-16-11)15-7-8-18-10-3-1-9(14)2-4-10/h1-6H,7-8,14H2,(H,15,17). The van der Waals surface area contributed by atoms with Gasteiger partial charge in [0, 0.05) is 5.69 Å². The first-order chi connectivity index (χ1) is 8.74. The zero-order valence-electron chi connectivity index (χ0n) is 9.64. The fourth-order valence-electron chi connectivity index (χ4n) is 1.32. The second-order valence-corrected chi connectivity index (χ2v) is 3.97. The monoisotopic (exact) mass is 264 g/mol. The highest BCUT2D eigenvalue weighted by Gasteiger charge is 1.96. The Balaban J connectivity index is 1.73. The molecule has 0 saturated heterocycles. The number of nitrogen functional groups attached to an aromatic ring is 1. The Labute approximate surface area is 110 Å². The number of nitrogens with two attached hydrogens (primary N) is 1. The molecule has 1 aromatic heterocycles. The summed E-state index contributed by atoms with van der Waals surface area (Å²) in [7, 11) is 0. The maximum absolute atomic E-state index is 5.63. The molecule has 1 aromatic carbocycles. The first kappa shape index (κ1) is 12.4. The molecule has 1 heterocycles. The predicted molar refractivity (Wildman–Crippen MR) is 71.9 cm³/mol. The van der Waals surface area contributed by atoms with Crippen molar-refractivity contribution in [1.82, 2.24) is 10.2 Å². The summed E-state index contributed by atoms with van der Waals surface area (Å²) >= 11 is 5.63. The maximum Gasteiger partial charge on any atom is 0.151 e. The number of anilines is 2. The molecular formula is C12H13ClN4O. The quantitative estimate of drug-likeness (QED) is 0.640. The highest BCUT2D eigenvalue weighted by atomic mass is 35.5. The molecule has 3 N–H and O–H groups in total. The van der Waals surface area contributed by atoms with E-state index in [0.29, 0.717) is 24.1 Å². The van der Waals surface area contributed by atoms with Crippen LogP contribution in [0.25, 0.3) is 0 Å². The second-order valence-electron chi connectivity index (χ2n) is 3.59. The van der Waals surface area contributed by atoms with Gasteiger partial charge in [-0.1, -0.05) is 11.6 Å². The Morgan fingerprint density at radius 1 is 1.11 bits per heavy atom. The number of nitrogens with zero attached hydrogens (tertiary/aromatic N) is 2. The summed E-state index contributed by atoms with van der Waals surface area (Å²) < 4.78 is 5.51. The van der Waals surface area contributed by atoms with E-state index in [4.69, 9.17) is 22.1 Å². The highest BCUT2D eigenvalue weighted by Crippen LogP contribution is 2.12. The first-order valence-corrected chi connectivity index (χ1v) is 5.83. The largest absolute Gasteiger partial charge is 0.492 e. The summed E-state index contributed by atoms with van der Waals surface area (Å²) in [4.78, 5) is 0. The number of halogens is 1. The molecule has 0 radical (unpaired) electrons. The molecule has 2 aromatic rings. The van der Waals surface area contributed by atoms with Crippen LogP contribution in [-0.2, 0) is 0 Å². The zero-order valence-corrected chi connectivity index (χ0v) is 10.4. The lowest BCUT2D eigenvalue weighted by atomic mass is 10.3. The molecule has 0 saturated carbocycles. The van der Waals surface area contributed by atoms with Gasteiger partial charge in [-0.15, -0.1) is 10.2 Å². The molecule has 18 heavy (non-hydrogen) atoms. The van der Waals surface area contributed by atoms with E-state index in [0.717, 1.165) is 11.4 Å². The Morgan fingerprint density at radius 2 is 1.89 bits per heavy atom. The number of hydrogen-bond donors (Lipinski definition) is 2. The van der Waals surface area contributed by atoms with Crippen molar-refractivity contribution in [2.45, 2.75) is 0 Å². The van der Waals surface area contributed by atoms with Gasteiger partial charge in [0.1, 0.15) is 18.2 Å². The molecule has 0 atom stereocenters. The number of hydrogen-bond acceptors (Lipinski definition) is 5. The van der Waals surface area contributed by atoms with E-state index in [1.807, 2.05) is 12.1 Å². The van der Waals surface area contributed by atoms with Gasteiger partial charge in [-0.2, -0.15) is 0 Å². The molecule has 0 bridgehead atoms. The lowest BCUT2D eigenvalue weighted by Crippen LogP contribution is -2.12. The van der Waals surface area contributed by atoms with Crippen LogP contribution in [0, 0.1) is 0 Å². The Kier molecular flexibility index (Phi) is 4.20. The molecule has 0 aliphatic carbocycles. The molecule has 0 amide bonds. The lowest BCUT2D eigenvalue weighted by Gasteiger charge is -2.07. The third kappa shape index (κ3) is 3.78. The van der Waals surface area contributed by atoms with Crippen LogP contribution < -0.4 is 15.8 Å². The van der Waals surface area contributed by atoms with Gasteiger partial charge in [0.05, 0.1) is 6.54 Å². The van der Waals surface area contributed by atoms with Gasteiger partial charge in [-0.05, 0) is 36.4 Å². The first-order valence-electron chi connectivity index (χ1n) is 5.45. The van der Waals surface area contributed by atoms with Gasteiger partial charge in [-0.25, -0.2) is 0 Å². The van der Waals surface area contributed by atoms with Gasteiger partial charge >= 0.3 is 0 Å². The Morgan fingerprint density at radius 3 is 2.56 bits per heavy atom. The summed E-state index contributed by atoms with van der Waals surface area (Å²) in [5.41, 5.74) is 6.30. The Hall–Kier alpha value is -2.01. The third-order valence-corrected chi connectivity index (χ3v) is 2.39. The maximum atomic E-state index is 5.63. The minimum atomic E-state index is 0.374. The molecule has 5 nitrogen and oxygen atoms in total. The number of nitrogens with one attached hydrogen (secondary N) is 1. The molecular weight excluding hydrogens is 252 g/mol. The van der Waals surface area contributed by atoms with Crippen molar-refractivity contribution in [3.05, 3.63) is 41.6 Å². The molecule has 6 heteroatoms. The fourth-order valence-corrected chi connectivity index (χ4v) is 1.42. The van der Waals surface area contributed by atoms with Crippen molar-refractivity contribution in [3.8, 4) is 5.75 Å². The molecule has 0 spiro atoms. The highest BCUT2D eigenvalue weighted by molar-refractivity contribution is 6.29. The Bertz CT molecular complexity index is 439. The second kappa shape index (κ2) is 6.07. The van der Waals surface area contributed by atoms with Crippen molar-refractivity contribution in [2.24, 2.45) is 0 Å². The topological polar surface area (TPSA) is 73.1 Å². The molecule has 0 aliphatic rings. The molecule has 0 fully saturated rings. The molecule has 0 unspecified atom stereocenters. The SMILES string of the molecule is Nc1ccc(OCCNc2ccc(Cl)nn2)cc1. The van der Waals surface area contributed by atoms with Crippen molar-refractivity contribution in [1.29, 1.82) is 0 Å². The number of benzene rings is 1.